The third-order valence-corrected chi connectivity index (χ3v) is 4.36. The molecular formula is C16H17Cl2NS. The Morgan fingerprint density at radius 2 is 1.85 bits per heavy atom. The van der Waals surface area contributed by atoms with Crippen LogP contribution in [0.5, 0.6) is 0 Å². The second-order valence-electron chi connectivity index (χ2n) is 4.49. The normalized spacial score (nSPS) is 10.8. The summed E-state index contributed by atoms with van der Waals surface area (Å²) < 4.78 is 0. The maximum Gasteiger partial charge on any atom is 0.0462 e. The first-order chi connectivity index (χ1) is 9.69. The van der Waals surface area contributed by atoms with Crippen molar-refractivity contribution in [1.29, 1.82) is 0 Å². The number of nitrogens with one attached hydrogen (secondary N) is 1. The van der Waals surface area contributed by atoms with Crippen LogP contribution in [0.25, 0.3) is 0 Å². The molecule has 0 atom stereocenters. The SMILES string of the molecule is CCCNCc1ccc(Sc2cccc(Cl)c2)cc1Cl. The Labute approximate surface area is 134 Å². The van der Waals surface area contributed by atoms with E-state index in [0.717, 1.165) is 44.9 Å². The Kier molecular flexibility index (Phi) is 6.24. The van der Waals surface area contributed by atoms with Crippen LogP contribution in [0.4, 0.5) is 0 Å². The van der Waals surface area contributed by atoms with Crippen LogP contribution in [0.15, 0.2) is 52.3 Å². The largest absolute Gasteiger partial charge is 0.313 e. The van der Waals surface area contributed by atoms with Crippen molar-refractivity contribution >= 4 is 35.0 Å². The summed E-state index contributed by atoms with van der Waals surface area (Å²) in [5.41, 5.74) is 1.13. The number of hydrogen-bond acceptors (Lipinski definition) is 2. The van der Waals surface area contributed by atoms with Crippen LogP contribution in [0, 0.1) is 0 Å². The van der Waals surface area contributed by atoms with E-state index in [1.807, 2.05) is 30.3 Å². The molecule has 20 heavy (non-hydrogen) atoms. The zero-order valence-electron chi connectivity index (χ0n) is 11.3. The van der Waals surface area contributed by atoms with E-state index in [9.17, 15) is 0 Å². The number of halogens is 2. The molecular weight excluding hydrogens is 309 g/mol. The molecule has 2 aromatic carbocycles. The Morgan fingerprint density at radius 1 is 1.05 bits per heavy atom. The Bertz CT molecular complexity index is 572. The monoisotopic (exact) mass is 325 g/mol. The maximum absolute atomic E-state index is 6.33. The topological polar surface area (TPSA) is 12.0 Å². The van der Waals surface area contributed by atoms with Crippen LogP contribution in [0.2, 0.25) is 10.0 Å². The van der Waals surface area contributed by atoms with Crippen molar-refractivity contribution < 1.29 is 0 Å². The lowest BCUT2D eigenvalue weighted by Gasteiger charge is -2.08. The minimum Gasteiger partial charge on any atom is -0.313 e. The van der Waals surface area contributed by atoms with E-state index in [4.69, 9.17) is 23.2 Å². The highest BCUT2D eigenvalue weighted by Crippen LogP contribution is 2.32. The lowest BCUT2D eigenvalue weighted by atomic mass is 10.2. The maximum atomic E-state index is 6.33. The van der Waals surface area contributed by atoms with E-state index in [0.29, 0.717) is 0 Å². The van der Waals surface area contributed by atoms with Gasteiger partial charge >= 0.3 is 0 Å². The van der Waals surface area contributed by atoms with Crippen molar-refractivity contribution in [2.24, 2.45) is 0 Å². The molecule has 0 aliphatic heterocycles. The molecule has 0 radical (unpaired) electrons. The van der Waals surface area contributed by atoms with Gasteiger partial charge in [0.25, 0.3) is 0 Å². The molecule has 0 aromatic heterocycles. The van der Waals surface area contributed by atoms with E-state index in [1.165, 1.54) is 0 Å². The summed E-state index contributed by atoms with van der Waals surface area (Å²) in [6.07, 6.45) is 1.13. The molecule has 0 bridgehead atoms. The fourth-order valence-electron chi connectivity index (χ4n) is 1.80. The summed E-state index contributed by atoms with van der Waals surface area (Å²) in [6, 6.07) is 14.0. The van der Waals surface area contributed by atoms with E-state index in [1.54, 1.807) is 11.8 Å². The highest BCUT2D eigenvalue weighted by atomic mass is 35.5. The van der Waals surface area contributed by atoms with Gasteiger partial charge in [0.1, 0.15) is 0 Å². The van der Waals surface area contributed by atoms with Gasteiger partial charge in [-0.3, -0.25) is 0 Å². The minimum absolute atomic E-state index is 0.751. The van der Waals surface area contributed by atoms with Gasteiger partial charge in [-0.2, -0.15) is 0 Å². The van der Waals surface area contributed by atoms with Gasteiger partial charge in [0.2, 0.25) is 0 Å². The summed E-state index contributed by atoms with van der Waals surface area (Å²) in [4.78, 5) is 2.24. The molecule has 106 valence electrons. The van der Waals surface area contributed by atoms with Crippen LogP contribution < -0.4 is 5.32 Å². The molecule has 1 N–H and O–H groups in total. The van der Waals surface area contributed by atoms with Gasteiger partial charge in [0, 0.05) is 26.4 Å². The highest BCUT2D eigenvalue weighted by molar-refractivity contribution is 7.99. The van der Waals surface area contributed by atoms with E-state index < -0.39 is 0 Å². The molecule has 1 nitrogen and oxygen atoms in total. The first kappa shape index (κ1) is 15.7. The van der Waals surface area contributed by atoms with Crippen molar-refractivity contribution in [2.45, 2.75) is 29.7 Å². The predicted molar refractivity (Wildman–Crippen MR) is 89.0 cm³/mol. The molecule has 0 aliphatic rings. The van der Waals surface area contributed by atoms with Gasteiger partial charge in [-0.05, 0) is 48.9 Å². The molecule has 2 aromatic rings. The highest BCUT2D eigenvalue weighted by Gasteiger charge is 2.04. The summed E-state index contributed by atoms with van der Waals surface area (Å²) in [5, 5.41) is 4.92. The van der Waals surface area contributed by atoms with Gasteiger partial charge in [0.05, 0.1) is 0 Å². The Hall–Kier alpha value is -0.670. The van der Waals surface area contributed by atoms with E-state index in [2.05, 4.69) is 24.4 Å². The summed E-state index contributed by atoms with van der Waals surface area (Å²) in [6.45, 7) is 3.98. The standard InChI is InChI=1S/C16H17Cl2NS/c1-2-8-19-11-12-6-7-15(10-16(12)18)20-14-5-3-4-13(17)9-14/h3-7,9-10,19H,2,8,11H2,1H3. The Balaban J connectivity index is 2.05. The number of benzene rings is 2. The average molecular weight is 326 g/mol. The predicted octanol–water partition coefficient (Wildman–Crippen LogP) is 5.64. The smallest absolute Gasteiger partial charge is 0.0462 e. The third-order valence-electron chi connectivity index (χ3n) is 2.80. The summed E-state index contributed by atoms with van der Waals surface area (Å²) in [7, 11) is 0. The van der Waals surface area contributed by atoms with Crippen molar-refractivity contribution in [2.75, 3.05) is 6.54 Å². The van der Waals surface area contributed by atoms with Crippen molar-refractivity contribution in [3.8, 4) is 0 Å². The van der Waals surface area contributed by atoms with Gasteiger partial charge in [-0.15, -0.1) is 0 Å². The second kappa shape index (κ2) is 7.94. The van der Waals surface area contributed by atoms with E-state index >= 15 is 0 Å². The zero-order chi connectivity index (χ0) is 14.4. The first-order valence-electron chi connectivity index (χ1n) is 6.61. The molecule has 0 unspecified atom stereocenters. The van der Waals surface area contributed by atoms with Crippen LogP contribution in [0.1, 0.15) is 18.9 Å². The zero-order valence-corrected chi connectivity index (χ0v) is 13.7. The fraction of sp³-hybridized carbons (Fsp3) is 0.250. The van der Waals surface area contributed by atoms with Gasteiger partial charge < -0.3 is 5.32 Å². The minimum atomic E-state index is 0.751. The molecule has 0 heterocycles. The quantitative estimate of drug-likeness (QED) is 0.689. The van der Waals surface area contributed by atoms with Gasteiger partial charge in [0.15, 0.2) is 0 Å². The van der Waals surface area contributed by atoms with Gasteiger partial charge in [-0.25, -0.2) is 0 Å². The van der Waals surface area contributed by atoms with Crippen LogP contribution in [0.3, 0.4) is 0 Å². The number of rotatable bonds is 6. The van der Waals surface area contributed by atoms with Crippen molar-refractivity contribution in [1.82, 2.24) is 5.32 Å². The number of hydrogen-bond donors (Lipinski definition) is 1. The molecule has 0 spiro atoms. The molecule has 0 aliphatic carbocycles. The van der Waals surface area contributed by atoms with Crippen molar-refractivity contribution in [3.63, 3.8) is 0 Å². The lowest BCUT2D eigenvalue weighted by Crippen LogP contribution is -2.13. The molecule has 4 heteroatoms. The molecule has 0 saturated carbocycles. The molecule has 2 rings (SSSR count). The summed E-state index contributed by atoms with van der Waals surface area (Å²) in [5.74, 6) is 0. The third kappa shape index (κ3) is 4.71. The van der Waals surface area contributed by atoms with Crippen LogP contribution in [-0.2, 0) is 6.54 Å². The Morgan fingerprint density at radius 3 is 2.55 bits per heavy atom. The molecule has 0 amide bonds. The van der Waals surface area contributed by atoms with E-state index in [-0.39, 0.29) is 0 Å². The second-order valence-corrected chi connectivity index (χ2v) is 6.48. The lowest BCUT2D eigenvalue weighted by molar-refractivity contribution is 0.675. The fourth-order valence-corrected chi connectivity index (χ4v) is 3.29. The average Bonchev–Trinajstić information content (AvgIpc) is 2.41. The molecule has 0 fully saturated rings. The van der Waals surface area contributed by atoms with Crippen molar-refractivity contribution in [3.05, 3.63) is 58.1 Å². The first-order valence-corrected chi connectivity index (χ1v) is 8.19. The molecule has 0 saturated heterocycles. The summed E-state index contributed by atoms with van der Waals surface area (Å²) >= 11 is 14.0. The van der Waals surface area contributed by atoms with Crippen LogP contribution in [-0.4, -0.2) is 6.54 Å². The van der Waals surface area contributed by atoms with Gasteiger partial charge in [-0.1, -0.05) is 54.0 Å². The van der Waals surface area contributed by atoms with Crippen LogP contribution >= 0.6 is 35.0 Å².